The van der Waals surface area contributed by atoms with Crippen molar-refractivity contribution in [3.05, 3.63) is 107 Å². The van der Waals surface area contributed by atoms with Crippen LogP contribution in [0.3, 0.4) is 0 Å². The molecule has 2 fully saturated rings. The quantitative estimate of drug-likeness (QED) is 0.0583. The van der Waals surface area contributed by atoms with Gasteiger partial charge in [0.15, 0.2) is 0 Å². The lowest BCUT2D eigenvalue weighted by Crippen LogP contribution is -2.52. The number of aliphatic hydroxyl groups excluding tert-OH is 1. The van der Waals surface area contributed by atoms with E-state index in [4.69, 9.17) is 0 Å². The van der Waals surface area contributed by atoms with Crippen molar-refractivity contribution in [2.24, 2.45) is 5.92 Å². The normalized spacial score (nSPS) is 20.5. The fourth-order valence-corrected chi connectivity index (χ4v) is 11.1. The first-order valence-corrected chi connectivity index (χ1v) is 23.6. The molecular weight excluding hydrogens is 835 g/mol. The predicted octanol–water partition coefficient (Wildman–Crippen LogP) is 5.47. The van der Waals surface area contributed by atoms with E-state index in [0.29, 0.717) is 69.5 Å². The largest absolute Gasteiger partial charge is 0.394 e. The van der Waals surface area contributed by atoms with E-state index >= 15 is 0 Å². The van der Waals surface area contributed by atoms with Crippen molar-refractivity contribution >= 4 is 56.6 Å². The Morgan fingerprint density at radius 3 is 2.38 bits per heavy atom. The van der Waals surface area contributed by atoms with Crippen LogP contribution in [0.15, 0.2) is 89.8 Å². The second-order valence-corrected chi connectivity index (χ2v) is 19.0. The highest BCUT2D eigenvalue weighted by atomic mass is 32.2. The molecular formula is C48H55N7O8S. The van der Waals surface area contributed by atoms with E-state index in [1.54, 1.807) is 34.6 Å². The number of anilines is 3. The number of sulfonamides is 1. The monoisotopic (exact) mass is 889 g/mol. The van der Waals surface area contributed by atoms with Gasteiger partial charge in [0, 0.05) is 79.5 Å². The number of carbonyl (C=O) groups excluding carboxylic acids is 5. The molecule has 1 unspecified atom stereocenters. The fourth-order valence-electron chi connectivity index (χ4n) is 9.43. The van der Waals surface area contributed by atoms with Crippen LogP contribution in [0.2, 0.25) is 0 Å². The summed E-state index contributed by atoms with van der Waals surface area (Å²) in [5, 5.41) is 25.4. The van der Waals surface area contributed by atoms with E-state index in [-0.39, 0.29) is 59.9 Å². The van der Waals surface area contributed by atoms with Crippen LogP contribution in [-0.4, -0.2) is 90.6 Å². The van der Waals surface area contributed by atoms with Crippen molar-refractivity contribution in [1.82, 2.24) is 19.8 Å². The Bertz CT molecular complexity index is 2550. The number of fused-ring (bicyclic) bond motifs is 4. The summed E-state index contributed by atoms with van der Waals surface area (Å²) in [7, 11) is -3.81. The highest BCUT2D eigenvalue weighted by molar-refractivity contribution is 7.89. The van der Waals surface area contributed by atoms with Crippen LogP contribution < -0.4 is 26.6 Å². The summed E-state index contributed by atoms with van der Waals surface area (Å²) in [6.45, 7) is 3.60. The van der Waals surface area contributed by atoms with E-state index in [1.807, 2.05) is 61.5 Å². The van der Waals surface area contributed by atoms with Crippen LogP contribution >= 0.6 is 0 Å². The molecule has 64 heavy (non-hydrogen) atoms. The van der Waals surface area contributed by atoms with Crippen molar-refractivity contribution in [3.8, 4) is 11.1 Å². The van der Waals surface area contributed by atoms with Crippen LogP contribution in [-0.2, 0) is 35.7 Å². The third-order valence-electron chi connectivity index (χ3n) is 12.8. The predicted molar refractivity (Wildman–Crippen MR) is 243 cm³/mol. The van der Waals surface area contributed by atoms with Crippen LogP contribution in [0.5, 0.6) is 0 Å². The van der Waals surface area contributed by atoms with Gasteiger partial charge in [0.1, 0.15) is 6.04 Å². The maximum atomic E-state index is 14.0. The Labute approximate surface area is 373 Å². The number of carbonyl (C=O) groups is 5. The van der Waals surface area contributed by atoms with Crippen LogP contribution in [0.25, 0.3) is 11.1 Å². The zero-order valence-corrected chi connectivity index (χ0v) is 36.7. The lowest BCUT2D eigenvalue weighted by molar-refractivity contribution is -0.137. The summed E-state index contributed by atoms with van der Waals surface area (Å²) in [6, 6.07) is 24.4. The molecule has 15 nitrogen and oxygen atoms in total. The van der Waals surface area contributed by atoms with E-state index in [1.165, 1.54) is 4.90 Å². The molecule has 0 bridgehead atoms. The third-order valence-corrected chi connectivity index (χ3v) is 14.7. The van der Waals surface area contributed by atoms with Crippen molar-refractivity contribution in [3.63, 3.8) is 0 Å². The van der Waals surface area contributed by atoms with Gasteiger partial charge in [-0.2, -0.15) is 4.31 Å². The number of hydrogen-bond donors (Lipinski definition) is 6. The molecule has 0 saturated carbocycles. The lowest BCUT2D eigenvalue weighted by Gasteiger charge is -2.39. The van der Waals surface area contributed by atoms with Gasteiger partial charge in [0.05, 0.1) is 23.6 Å². The minimum Gasteiger partial charge on any atom is -0.394 e. The first-order valence-electron chi connectivity index (χ1n) is 22.2. The molecule has 4 atom stereocenters. The average molecular weight is 890 g/mol. The summed E-state index contributed by atoms with van der Waals surface area (Å²) in [5.41, 5.74) is 7.20. The number of nitrogens with zero attached hydrogens (tertiary/aromatic N) is 2. The van der Waals surface area contributed by atoms with Gasteiger partial charge in [0.2, 0.25) is 33.7 Å². The van der Waals surface area contributed by atoms with Gasteiger partial charge in [-0.1, -0.05) is 42.0 Å². The number of piperidine rings is 1. The number of hydrogen-bond acceptors (Lipinski definition) is 10. The smallest absolute Gasteiger partial charge is 0.255 e. The number of unbranched alkanes of at least 4 members (excludes halogenated alkanes) is 2. The van der Waals surface area contributed by atoms with Crippen molar-refractivity contribution in [1.29, 1.82) is 0 Å². The highest BCUT2D eigenvalue weighted by Crippen LogP contribution is 2.49. The Balaban J connectivity index is 0.770. The lowest BCUT2D eigenvalue weighted by atomic mass is 9.82. The Morgan fingerprint density at radius 2 is 1.59 bits per heavy atom. The molecule has 0 aliphatic carbocycles. The molecule has 0 aromatic heterocycles. The summed E-state index contributed by atoms with van der Waals surface area (Å²) in [4.78, 5) is 64.4. The molecule has 4 aromatic rings. The zero-order chi connectivity index (χ0) is 45.0. The number of benzene rings is 4. The van der Waals surface area contributed by atoms with Crippen LogP contribution in [0, 0.1) is 12.8 Å². The number of nitrogens with one attached hydrogen (secondary N) is 5. The van der Waals surface area contributed by atoms with Gasteiger partial charge in [-0.05, 0) is 111 Å². The first kappa shape index (κ1) is 44.5. The van der Waals surface area contributed by atoms with Crippen molar-refractivity contribution in [2.75, 3.05) is 42.2 Å². The van der Waals surface area contributed by atoms with Crippen LogP contribution in [0.1, 0.15) is 90.9 Å². The fraction of sp³-hybridized carbons (Fsp3) is 0.396. The maximum Gasteiger partial charge on any atom is 0.255 e. The summed E-state index contributed by atoms with van der Waals surface area (Å²) in [5.74, 6) is -1.31. The molecule has 6 N–H and O–H groups in total. The standard InChI is InChI=1S/C48H55N7O8S/c1-30-14-17-34(18-15-30)64(62,63)55-25-22-36-41(29-56)52-40-19-16-32(27-37(40)46(36)55)31-8-6-9-33(26-31)51-44(58)13-3-2-12-43(57)50-24-5-4-23-49-39-11-7-10-35-38(39)28-54(48(35)61)42-20-21-45(59)53-47(42)60/h6-11,14-19,26-27,36,41-42,46,49,52,56H,2-5,12-13,20-25,28-29H2,1H3,(H,50,57)(H,51,58)(H,53,59,60)/t36-,41+,42?,46-/m1/s1. The highest BCUT2D eigenvalue weighted by Gasteiger charge is 2.48. The topological polar surface area (TPSA) is 206 Å². The van der Waals surface area contributed by atoms with Gasteiger partial charge in [0.25, 0.3) is 5.91 Å². The summed E-state index contributed by atoms with van der Waals surface area (Å²) >= 11 is 0. The second kappa shape index (κ2) is 19.3. The molecule has 0 spiro atoms. The Hall–Kier alpha value is -6.10. The molecule has 0 radical (unpaired) electrons. The molecule has 8 rings (SSSR count). The number of aryl methyl sites for hydroxylation is 1. The van der Waals surface area contributed by atoms with Gasteiger partial charge < -0.3 is 31.3 Å². The van der Waals surface area contributed by atoms with E-state index in [9.17, 15) is 37.5 Å². The van der Waals surface area contributed by atoms with E-state index in [0.717, 1.165) is 52.0 Å². The van der Waals surface area contributed by atoms with Gasteiger partial charge in [-0.15, -0.1) is 0 Å². The zero-order valence-electron chi connectivity index (χ0n) is 35.9. The van der Waals surface area contributed by atoms with E-state index in [2.05, 4.69) is 26.6 Å². The molecule has 4 aromatic carbocycles. The van der Waals surface area contributed by atoms with E-state index < -0.39 is 28.0 Å². The molecule has 4 aliphatic rings. The Morgan fingerprint density at radius 1 is 0.844 bits per heavy atom. The van der Waals surface area contributed by atoms with Gasteiger partial charge in [-0.3, -0.25) is 29.3 Å². The maximum absolute atomic E-state index is 14.0. The third kappa shape index (κ3) is 9.54. The van der Waals surface area contributed by atoms with Crippen molar-refractivity contribution < 1.29 is 37.5 Å². The number of rotatable bonds is 17. The molecule has 16 heteroatoms. The Kier molecular flexibility index (Phi) is 13.4. The van der Waals surface area contributed by atoms with Gasteiger partial charge in [-0.25, -0.2) is 8.42 Å². The second-order valence-electron chi connectivity index (χ2n) is 17.1. The van der Waals surface area contributed by atoms with Crippen LogP contribution in [0.4, 0.5) is 17.1 Å². The molecule has 2 saturated heterocycles. The first-order chi connectivity index (χ1) is 30.9. The van der Waals surface area contributed by atoms with Crippen molar-refractivity contribution in [2.45, 2.75) is 94.3 Å². The molecule has 5 amide bonds. The SMILES string of the molecule is Cc1ccc(S(=O)(=O)N2CC[C@@H]3[C@H](CO)Nc4ccc(-c5cccc(NC(=O)CCCCC(=O)NCCCCNc6cccc7c6CN(C6CCC(=O)NC6=O)C7=O)c5)cc4[C@@H]32)cc1. The summed E-state index contributed by atoms with van der Waals surface area (Å²) in [6.07, 6.45) is 4.34. The average Bonchev–Trinajstić information content (AvgIpc) is 3.89. The van der Waals surface area contributed by atoms with Gasteiger partial charge >= 0.3 is 0 Å². The number of aliphatic hydroxyl groups is 1. The molecule has 4 heterocycles. The number of imide groups is 1. The minimum absolute atomic E-state index is 0.0686. The number of amides is 5. The minimum atomic E-state index is -3.81. The molecule has 4 aliphatic heterocycles. The molecule has 336 valence electrons. The summed E-state index contributed by atoms with van der Waals surface area (Å²) < 4.78 is 29.6.